The molecule has 22 heavy (non-hydrogen) atoms. The summed E-state index contributed by atoms with van der Waals surface area (Å²) in [6.45, 7) is 1.75. The molecule has 1 heterocycles. The van der Waals surface area contributed by atoms with Crippen molar-refractivity contribution in [2.45, 2.75) is 6.42 Å². The van der Waals surface area contributed by atoms with Crippen LogP contribution in [0.3, 0.4) is 0 Å². The molecule has 0 unspecified atom stereocenters. The van der Waals surface area contributed by atoms with Crippen LogP contribution in [0.2, 0.25) is 0 Å². The molecule has 0 amide bonds. The Labute approximate surface area is 133 Å². The van der Waals surface area contributed by atoms with Gasteiger partial charge in [0.15, 0.2) is 0 Å². The third-order valence-corrected chi connectivity index (χ3v) is 4.89. The molecular formula is C14H18N2O4S2. The van der Waals surface area contributed by atoms with Crippen LogP contribution in [0.5, 0.6) is 5.88 Å². The highest BCUT2D eigenvalue weighted by molar-refractivity contribution is 8.69. The quantitative estimate of drug-likeness (QED) is 0.410. The lowest BCUT2D eigenvalue weighted by atomic mass is 10.2. The number of fused-ring (bicyclic) bond motifs is 1. The highest BCUT2D eigenvalue weighted by Gasteiger charge is 2.03. The third kappa shape index (κ3) is 6.18. The van der Waals surface area contributed by atoms with Crippen LogP contribution in [0.15, 0.2) is 36.4 Å². The second-order valence-electron chi connectivity index (χ2n) is 4.54. The van der Waals surface area contributed by atoms with Gasteiger partial charge in [0.05, 0.1) is 12.1 Å². The van der Waals surface area contributed by atoms with E-state index in [1.165, 1.54) is 0 Å². The molecule has 2 N–H and O–H groups in total. The largest absolute Gasteiger partial charge is 0.478 e. The lowest BCUT2D eigenvalue weighted by Crippen LogP contribution is -2.20. The summed E-state index contributed by atoms with van der Waals surface area (Å²) in [7, 11) is -3.41. The Bertz CT molecular complexity index is 707. The summed E-state index contributed by atoms with van der Waals surface area (Å²) in [4.78, 5) is 4.41. The first-order valence-electron chi connectivity index (χ1n) is 6.86. The number of para-hydroxylation sites is 1. The molecule has 1 aromatic carbocycles. The molecular weight excluding hydrogens is 324 g/mol. The van der Waals surface area contributed by atoms with E-state index in [9.17, 15) is 8.42 Å². The number of nitrogens with one attached hydrogen (secondary N) is 1. The van der Waals surface area contributed by atoms with Gasteiger partial charge in [0.2, 0.25) is 5.88 Å². The van der Waals surface area contributed by atoms with Crippen LogP contribution in [-0.2, 0) is 9.15 Å². The van der Waals surface area contributed by atoms with Crippen molar-refractivity contribution in [1.29, 1.82) is 0 Å². The maximum Gasteiger partial charge on any atom is 0.319 e. The summed E-state index contributed by atoms with van der Waals surface area (Å²) < 4.78 is 35.1. The van der Waals surface area contributed by atoms with Crippen LogP contribution in [-0.4, -0.2) is 43.4 Å². The van der Waals surface area contributed by atoms with Crippen LogP contribution in [0, 0.1) is 0 Å². The lowest BCUT2D eigenvalue weighted by molar-refractivity contribution is 0.298. The molecule has 1 aromatic heterocycles. The minimum atomic E-state index is -3.93. The van der Waals surface area contributed by atoms with Crippen molar-refractivity contribution in [3.05, 3.63) is 36.4 Å². The van der Waals surface area contributed by atoms with E-state index in [-0.39, 0.29) is 0 Å². The topological polar surface area (TPSA) is 88.5 Å². The molecule has 0 saturated carbocycles. The number of pyridine rings is 1. The lowest BCUT2D eigenvalue weighted by Gasteiger charge is -2.07. The summed E-state index contributed by atoms with van der Waals surface area (Å²) in [5.74, 6) is 0.909. The first kappa shape index (κ1) is 17.0. The van der Waals surface area contributed by atoms with Crippen LogP contribution >= 0.6 is 10.8 Å². The summed E-state index contributed by atoms with van der Waals surface area (Å²) >= 11 is 0. The second-order valence-corrected chi connectivity index (χ2v) is 8.01. The van der Waals surface area contributed by atoms with Crippen molar-refractivity contribution in [2.24, 2.45) is 0 Å². The van der Waals surface area contributed by atoms with E-state index in [4.69, 9.17) is 9.29 Å². The molecule has 0 saturated heterocycles. The maximum atomic E-state index is 10.5. The van der Waals surface area contributed by atoms with Crippen molar-refractivity contribution in [3.8, 4) is 5.88 Å². The fourth-order valence-corrected chi connectivity index (χ4v) is 3.17. The SMILES string of the molecule is O=S(=O)(O)SCCNCCCOc1ccc2ccccc2n1. The molecule has 0 fully saturated rings. The zero-order valence-corrected chi connectivity index (χ0v) is 13.6. The molecule has 120 valence electrons. The molecule has 0 bridgehead atoms. The predicted molar refractivity (Wildman–Crippen MR) is 88.7 cm³/mol. The molecule has 2 aromatic rings. The Kier molecular flexibility index (Phi) is 6.44. The van der Waals surface area contributed by atoms with E-state index >= 15 is 0 Å². The first-order chi connectivity index (χ1) is 10.5. The average Bonchev–Trinajstić information content (AvgIpc) is 2.48. The van der Waals surface area contributed by atoms with Gasteiger partial charge >= 0.3 is 9.15 Å². The van der Waals surface area contributed by atoms with Gasteiger partial charge in [-0.3, -0.25) is 4.55 Å². The second kappa shape index (κ2) is 8.33. The minimum absolute atomic E-state index is 0.311. The van der Waals surface area contributed by atoms with E-state index in [0.29, 0.717) is 42.1 Å². The van der Waals surface area contributed by atoms with E-state index in [1.54, 1.807) is 0 Å². The van der Waals surface area contributed by atoms with Gasteiger partial charge in [0.25, 0.3) is 0 Å². The van der Waals surface area contributed by atoms with E-state index < -0.39 is 9.15 Å². The highest BCUT2D eigenvalue weighted by atomic mass is 33.1. The van der Waals surface area contributed by atoms with Gasteiger partial charge in [-0.1, -0.05) is 18.2 Å². The zero-order chi connectivity index (χ0) is 15.8. The number of aromatic nitrogens is 1. The normalized spacial score (nSPS) is 11.7. The van der Waals surface area contributed by atoms with Crippen LogP contribution in [0.1, 0.15) is 6.42 Å². The Morgan fingerprint density at radius 3 is 2.82 bits per heavy atom. The summed E-state index contributed by atoms with van der Waals surface area (Å²) in [5.41, 5.74) is 0.903. The Morgan fingerprint density at radius 1 is 1.18 bits per heavy atom. The van der Waals surface area contributed by atoms with Crippen molar-refractivity contribution < 1.29 is 17.7 Å². The molecule has 6 nitrogen and oxygen atoms in total. The van der Waals surface area contributed by atoms with Gasteiger partial charge in [-0.15, -0.1) is 0 Å². The van der Waals surface area contributed by atoms with Gasteiger partial charge in [0, 0.05) is 23.8 Å². The smallest absolute Gasteiger partial charge is 0.319 e. The van der Waals surface area contributed by atoms with Gasteiger partial charge in [0.1, 0.15) is 0 Å². The fourth-order valence-electron chi connectivity index (χ4n) is 1.85. The monoisotopic (exact) mass is 342 g/mol. The number of ether oxygens (including phenoxy) is 1. The number of rotatable bonds is 9. The average molecular weight is 342 g/mol. The molecule has 0 aliphatic heterocycles. The van der Waals surface area contributed by atoms with E-state index in [1.807, 2.05) is 36.4 Å². The Hall–Kier alpha value is -1.35. The van der Waals surface area contributed by atoms with E-state index in [0.717, 1.165) is 17.3 Å². The van der Waals surface area contributed by atoms with Gasteiger partial charge in [-0.05, 0) is 35.9 Å². The van der Waals surface area contributed by atoms with Gasteiger partial charge in [-0.25, -0.2) is 4.98 Å². The number of nitrogens with zero attached hydrogens (tertiary/aromatic N) is 1. The predicted octanol–water partition coefficient (Wildman–Crippen LogP) is 2.13. The molecule has 0 atom stereocenters. The number of hydrogen-bond acceptors (Lipinski definition) is 6. The van der Waals surface area contributed by atoms with Crippen molar-refractivity contribution in [2.75, 3.05) is 25.4 Å². The summed E-state index contributed by atoms with van der Waals surface area (Å²) in [5, 5.41) is 4.15. The molecule has 0 radical (unpaired) electrons. The standard InChI is InChI=1S/C14H18N2O4S2/c17-22(18,19)21-11-9-15-8-3-10-20-14-7-6-12-4-1-2-5-13(12)16-14/h1-2,4-7,15H,3,8-11H2,(H,17,18,19). The van der Waals surface area contributed by atoms with Gasteiger partial charge < -0.3 is 10.1 Å². The van der Waals surface area contributed by atoms with Crippen molar-refractivity contribution in [1.82, 2.24) is 10.3 Å². The first-order valence-corrected chi connectivity index (χ1v) is 9.80. The Balaban J connectivity index is 1.62. The third-order valence-electron chi connectivity index (χ3n) is 2.83. The van der Waals surface area contributed by atoms with Crippen LogP contribution < -0.4 is 10.1 Å². The number of hydrogen-bond donors (Lipinski definition) is 2. The van der Waals surface area contributed by atoms with Gasteiger partial charge in [-0.2, -0.15) is 8.42 Å². The molecule has 8 heteroatoms. The summed E-state index contributed by atoms with van der Waals surface area (Å²) in [6.07, 6.45) is 0.783. The summed E-state index contributed by atoms with van der Waals surface area (Å²) in [6, 6.07) is 11.7. The number of benzene rings is 1. The molecule has 2 rings (SSSR count). The van der Waals surface area contributed by atoms with Crippen LogP contribution in [0.25, 0.3) is 10.9 Å². The van der Waals surface area contributed by atoms with E-state index in [2.05, 4.69) is 10.3 Å². The molecule has 0 spiro atoms. The Morgan fingerprint density at radius 2 is 2.00 bits per heavy atom. The maximum absolute atomic E-state index is 10.5. The van der Waals surface area contributed by atoms with Crippen molar-refractivity contribution in [3.63, 3.8) is 0 Å². The van der Waals surface area contributed by atoms with Crippen molar-refractivity contribution >= 4 is 30.8 Å². The highest BCUT2D eigenvalue weighted by Crippen LogP contribution is 2.16. The fraction of sp³-hybridized carbons (Fsp3) is 0.357. The molecule has 0 aliphatic carbocycles. The zero-order valence-electron chi connectivity index (χ0n) is 11.9. The van der Waals surface area contributed by atoms with Crippen LogP contribution in [0.4, 0.5) is 0 Å². The molecule has 0 aliphatic rings. The minimum Gasteiger partial charge on any atom is -0.478 e.